The summed E-state index contributed by atoms with van der Waals surface area (Å²) in [6.07, 6.45) is 44.4. The zero-order valence-electron chi connectivity index (χ0n) is 35.2. The van der Waals surface area contributed by atoms with E-state index in [1.807, 2.05) is 0 Å². The summed E-state index contributed by atoms with van der Waals surface area (Å²) in [5.74, 6) is -0.445. The molecule has 0 aliphatic carbocycles. The molecule has 0 spiro atoms. The molecule has 0 aromatic carbocycles. The fourth-order valence-electron chi connectivity index (χ4n) is 6.83. The molecule has 54 heavy (non-hydrogen) atoms. The van der Waals surface area contributed by atoms with E-state index in [1.165, 1.54) is 128 Å². The van der Waals surface area contributed by atoms with Crippen molar-refractivity contribution in [2.45, 2.75) is 213 Å². The second-order valence-electron chi connectivity index (χ2n) is 15.6. The minimum atomic E-state index is -0.444. The number of ether oxygens (including phenoxy) is 3. The smallest absolute Gasteiger partial charge is 0.305 e. The first-order valence-corrected chi connectivity index (χ1v) is 23.2. The molecule has 0 amide bonds. The lowest BCUT2D eigenvalue weighted by molar-refractivity contribution is -0.147. The van der Waals surface area contributed by atoms with E-state index < -0.39 is 6.04 Å². The topological polar surface area (TPSA) is 77.1 Å². The van der Waals surface area contributed by atoms with E-state index in [9.17, 15) is 9.59 Å². The number of esters is 2. The number of thiocarbonyl (C=S) groups is 1. The van der Waals surface area contributed by atoms with Crippen LogP contribution in [-0.2, 0) is 23.8 Å². The fraction of sp³-hybridized carbons (Fsp3) is 0.848. The van der Waals surface area contributed by atoms with Crippen molar-refractivity contribution >= 4 is 29.3 Å². The van der Waals surface area contributed by atoms with Crippen LogP contribution in [0.25, 0.3) is 0 Å². The molecule has 0 radical (unpaired) electrons. The SMILES string of the molecule is CCCCCCCCC=CCCCCCCCC(=O)OCC(COC(=O)CCCCCCCC=CCCCCCCCC)NC(=S)OCCN1CCCC1. The van der Waals surface area contributed by atoms with Crippen molar-refractivity contribution in [1.82, 2.24) is 10.2 Å². The number of hydrogen-bond donors (Lipinski definition) is 1. The van der Waals surface area contributed by atoms with Crippen LogP contribution in [0, 0.1) is 0 Å². The van der Waals surface area contributed by atoms with E-state index in [0.29, 0.717) is 19.4 Å². The third-order valence-electron chi connectivity index (χ3n) is 10.3. The highest BCUT2D eigenvalue weighted by molar-refractivity contribution is 7.80. The highest BCUT2D eigenvalue weighted by Crippen LogP contribution is 2.13. The van der Waals surface area contributed by atoms with E-state index >= 15 is 0 Å². The molecule has 0 bridgehead atoms. The van der Waals surface area contributed by atoms with Crippen molar-refractivity contribution in [3.8, 4) is 0 Å². The number of rotatable bonds is 38. The maximum Gasteiger partial charge on any atom is 0.305 e. The van der Waals surface area contributed by atoms with Gasteiger partial charge in [0.2, 0.25) is 0 Å². The molecule has 1 heterocycles. The first-order chi connectivity index (χ1) is 26.5. The van der Waals surface area contributed by atoms with Crippen LogP contribution in [-0.4, -0.2) is 67.5 Å². The summed E-state index contributed by atoms with van der Waals surface area (Å²) in [5, 5.41) is 3.37. The van der Waals surface area contributed by atoms with Crippen LogP contribution >= 0.6 is 12.2 Å². The largest absolute Gasteiger partial charge is 0.470 e. The van der Waals surface area contributed by atoms with Crippen LogP contribution in [0.2, 0.25) is 0 Å². The first-order valence-electron chi connectivity index (χ1n) is 22.8. The Morgan fingerprint density at radius 3 is 1.33 bits per heavy atom. The monoisotopic (exact) mass is 777 g/mol. The van der Waals surface area contributed by atoms with Crippen LogP contribution < -0.4 is 5.32 Å². The molecule has 1 N–H and O–H groups in total. The number of carbonyl (C=O) groups is 2. The molecule has 1 aliphatic heterocycles. The normalized spacial score (nSPS) is 13.9. The van der Waals surface area contributed by atoms with Gasteiger partial charge in [-0.05, 0) is 102 Å². The molecule has 7 nitrogen and oxygen atoms in total. The first kappa shape index (κ1) is 50.1. The van der Waals surface area contributed by atoms with Gasteiger partial charge in [-0.2, -0.15) is 0 Å². The van der Waals surface area contributed by atoms with Crippen LogP contribution in [0.4, 0.5) is 0 Å². The van der Waals surface area contributed by atoms with Gasteiger partial charge in [0.15, 0.2) is 0 Å². The van der Waals surface area contributed by atoms with Gasteiger partial charge in [-0.1, -0.05) is 141 Å². The van der Waals surface area contributed by atoms with E-state index in [4.69, 9.17) is 26.4 Å². The molecule has 0 aromatic rings. The minimum Gasteiger partial charge on any atom is -0.470 e. The highest BCUT2D eigenvalue weighted by atomic mass is 32.1. The van der Waals surface area contributed by atoms with Gasteiger partial charge in [0, 0.05) is 19.4 Å². The van der Waals surface area contributed by atoms with E-state index in [1.54, 1.807) is 0 Å². The summed E-state index contributed by atoms with van der Waals surface area (Å²) in [7, 11) is 0. The van der Waals surface area contributed by atoms with Crippen molar-refractivity contribution < 1.29 is 23.8 Å². The number of nitrogens with one attached hydrogen (secondary N) is 1. The zero-order chi connectivity index (χ0) is 39.0. The maximum atomic E-state index is 12.6. The Morgan fingerprint density at radius 2 is 0.926 bits per heavy atom. The Morgan fingerprint density at radius 1 is 0.556 bits per heavy atom. The zero-order valence-corrected chi connectivity index (χ0v) is 36.1. The predicted molar refractivity (Wildman–Crippen MR) is 232 cm³/mol. The fourth-order valence-corrected chi connectivity index (χ4v) is 7.08. The second kappa shape index (κ2) is 39.3. The number of carbonyl (C=O) groups excluding carboxylic acids is 2. The van der Waals surface area contributed by atoms with Crippen molar-refractivity contribution in [3.63, 3.8) is 0 Å². The third-order valence-corrected chi connectivity index (χ3v) is 10.6. The molecule has 1 rings (SSSR count). The summed E-state index contributed by atoms with van der Waals surface area (Å²) >= 11 is 5.44. The van der Waals surface area contributed by atoms with Crippen LogP contribution in [0.1, 0.15) is 206 Å². The molecule has 1 saturated heterocycles. The summed E-state index contributed by atoms with van der Waals surface area (Å²) < 4.78 is 17.0. The Kier molecular flexibility index (Phi) is 36.5. The quantitative estimate of drug-likeness (QED) is 0.0287. The van der Waals surface area contributed by atoms with Crippen molar-refractivity contribution in [2.75, 3.05) is 39.5 Å². The summed E-state index contributed by atoms with van der Waals surface area (Å²) in [5.41, 5.74) is 0. The number of likely N-dealkylation sites (tertiary alicyclic amines) is 1. The molecule has 1 fully saturated rings. The predicted octanol–water partition coefficient (Wildman–Crippen LogP) is 12.5. The number of hydrogen-bond acceptors (Lipinski definition) is 7. The number of nitrogens with zero attached hydrogens (tertiary/aromatic N) is 1. The second-order valence-corrected chi connectivity index (χ2v) is 15.9. The van der Waals surface area contributed by atoms with E-state index in [0.717, 1.165) is 71.0 Å². The summed E-state index contributed by atoms with van der Waals surface area (Å²) in [4.78, 5) is 27.5. The molecular formula is C46H84N2O5S. The van der Waals surface area contributed by atoms with E-state index in [-0.39, 0.29) is 30.3 Å². The van der Waals surface area contributed by atoms with Crippen LogP contribution in [0.15, 0.2) is 24.3 Å². The lowest BCUT2D eigenvalue weighted by Crippen LogP contribution is -2.43. The molecule has 0 atom stereocenters. The van der Waals surface area contributed by atoms with Gasteiger partial charge in [0.1, 0.15) is 19.8 Å². The van der Waals surface area contributed by atoms with Crippen LogP contribution in [0.3, 0.4) is 0 Å². The summed E-state index contributed by atoms with van der Waals surface area (Å²) in [6, 6.07) is -0.444. The number of allylic oxidation sites excluding steroid dienone is 4. The Labute approximate surface area is 338 Å². The van der Waals surface area contributed by atoms with Gasteiger partial charge < -0.3 is 19.5 Å². The van der Waals surface area contributed by atoms with Gasteiger partial charge >= 0.3 is 11.9 Å². The van der Waals surface area contributed by atoms with E-state index in [2.05, 4.69) is 48.4 Å². The molecule has 0 saturated carbocycles. The Bertz CT molecular complexity index is 880. The third kappa shape index (κ3) is 34.6. The molecule has 0 aromatic heterocycles. The van der Waals surface area contributed by atoms with Gasteiger partial charge in [-0.3, -0.25) is 14.5 Å². The lowest BCUT2D eigenvalue weighted by Gasteiger charge is -2.21. The standard InChI is InChI=1S/C46H84N2O5S/c1-3-5-7-9-11-13-15-17-19-21-23-25-27-29-31-35-44(49)52-41-43(47-46(54)51-40-39-48-37-33-34-38-48)42-53-45(50)36-32-30-28-26-24-22-20-18-16-14-12-10-8-6-4-2/h17-20,43H,3-16,21-42H2,1-2H3,(H,47,54). The summed E-state index contributed by atoms with van der Waals surface area (Å²) in [6.45, 7) is 8.24. The highest BCUT2D eigenvalue weighted by Gasteiger charge is 2.18. The van der Waals surface area contributed by atoms with Crippen molar-refractivity contribution in [2.24, 2.45) is 0 Å². The lowest BCUT2D eigenvalue weighted by atomic mass is 10.1. The molecule has 0 unspecified atom stereocenters. The molecule has 314 valence electrons. The minimum absolute atomic E-state index is 0.0835. The van der Waals surface area contributed by atoms with Crippen molar-refractivity contribution in [3.05, 3.63) is 24.3 Å². The Balaban J connectivity index is 2.21. The molecule has 8 heteroatoms. The van der Waals surface area contributed by atoms with Gasteiger partial charge in [0.05, 0.1) is 6.04 Å². The average molecular weight is 777 g/mol. The average Bonchev–Trinajstić information content (AvgIpc) is 3.69. The van der Waals surface area contributed by atoms with Crippen LogP contribution in [0.5, 0.6) is 0 Å². The van der Waals surface area contributed by atoms with Gasteiger partial charge in [-0.25, -0.2) is 0 Å². The molecule has 1 aliphatic rings. The van der Waals surface area contributed by atoms with Gasteiger partial charge in [0.25, 0.3) is 5.17 Å². The van der Waals surface area contributed by atoms with Crippen molar-refractivity contribution in [1.29, 1.82) is 0 Å². The maximum absolute atomic E-state index is 12.6. The van der Waals surface area contributed by atoms with Gasteiger partial charge in [-0.15, -0.1) is 0 Å². The number of unbranched alkanes of at least 4 members (excludes halogenated alkanes) is 22. The molecular weight excluding hydrogens is 693 g/mol. The Hall–Kier alpha value is -1.93.